The fourth-order valence-electron chi connectivity index (χ4n) is 4.19. The van der Waals surface area contributed by atoms with Crippen LogP contribution in [-0.4, -0.2) is 85.7 Å². The number of amides is 3. The van der Waals surface area contributed by atoms with Crippen molar-refractivity contribution in [2.24, 2.45) is 0 Å². The SMILES string of the molecule is COCCN1CC[C@@H](N2CCCN(C(=O)Nc3cc(C)cc(C)c3)CC2)C1=O. The lowest BCUT2D eigenvalue weighted by Gasteiger charge is -2.26. The summed E-state index contributed by atoms with van der Waals surface area (Å²) in [7, 11) is 1.66. The highest BCUT2D eigenvalue weighted by molar-refractivity contribution is 5.89. The quantitative estimate of drug-likeness (QED) is 0.839. The molecule has 28 heavy (non-hydrogen) atoms. The maximum Gasteiger partial charge on any atom is 0.321 e. The number of rotatable bonds is 5. The number of ether oxygens (including phenoxy) is 1. The monoisotopic (exact) mass is 388 g/mol. The van der Waals surface area contributed by atoms with Gasteiger partial charge in [0.1, 0.15) is 0 Å². The van der Waals surface area contributed by atoms with Gasteiger partial charge < -0.3 is 19.9 Å². The van der Waals surface area contributed by atoms with Gasteiger partial charge in [0.2, 0.25) is 5.91 Å². The van der Waals surface area contributed by atoms with Gasteiger partial charge in [-0.3, -0.25) is 9.69 Å². The van der Waals surface area contributed by atoms with Crippen LogP contribution in [0.5, 0.6) is 0 Å². The molecule has 0 saturated carbocycles. The van der Waals surface area contributed by atoms with E-state index in [1.165, 1.54) is 0 Å². The van der Waals surface area contributed by atoms with Gasteiger partial charge in [-0.2, -0.15) is 0 Å². The van der Waals surface area contributed by atoms with Crippen molar-refractivity contribution >= 4 is 17.6 Å². The van der Waals surface area contributed by atoms with Crippen LogP contribution in [0.2, 0.25) is 0 Å². The van der Waals surface area contributed by atoms with Crippen LogP contribution in [0.3, 0.4) is 0 Å². The molecular formula is C21H32N4O3. The summed E-state index contributed by atoms with van der Waals surface area (Å²) in [5, 5.41) is 3.02. The molecule has 7 heteroatoms. The Balaban J connectivity index is 1.54. The molecule has 1 aromatic rings. The van der Waals surface area contributed by atoms with Crippen molar-refractivity contribution in [3.8, 4) is 0 Å². The van der Waals surface area contributed by atoms with Crippen LogP contribution in [-0.2, 0) is 9.53 Å². The number of nitrogens with zero attached hydrogens (tertiary/aromatic N) is 3. The first-order valence-corrected chi connectivity index (χ1v) is 10.1. The Bertz CT molecular complexity index is 689. The Morgan fingerprint density at radius 2 is 1.86 bits per heavy atom. The Morgan fingerprint density at radius 1 is 1.11 bits per heavy atom. The lowest BCUT2D eigenvalue weighted by Crippen LogP contribution is -2.44. The molecular weight excluding hydrogens is 356 g/mol. The third-order valence-electron chi connectivity index (χ3n) is 5.57. The Kier molecular flexibility index (Phi) is 6.91. The van der Waals surface area contributed by atoms with Crippen molar-refractivity contribution < 1.29 is 14.3 Å². The molecule has 2 aliphatic heterocycles. The summed E-state index contributed by atoms with van der Waals surface area (Å²) in [6, 6.07) is 5.95. The largest absolute Gasteiger partial charge is 0.383 e. The lowest BCUT2D eigenvalue weighted by molar-refractivity contribution is -0.132. The number of carbonyl (C=O) groups is 2. The van der Waals surface area contributed by atoms with Crippen LogP contribution in [0.1, 0.15) is 24.0 Å². The van der Waals surface area contributed by atoms with Gasteiger partial charge in [-0.1, -0.05) is 6.07 Å². The standard InChI is InChI=1S/C21H32N4O3/c1-16-13-17(2)15-18(14-16)22-21(27)25-7-4-6-23(9-10-25)19-5-8-24(20(19)26)11-12-28-3/h13-15,19H,4-12H2,1-3H3,(H,22,27)/t19-/m1/s1. The van der Waals surface area contributed by atoms with Crippen molar-refractivity contribution in [3.05, 3.63) is 29.3 Å². The number of hydrogen-bond donors (Lipinski definition) is 1. The second-order valence-electron chi connectivity index (χ2n) is 7.81. The van der Waals surface area contributed by atoms with Crippen LogP contribution in [0, 0.1) is 13.8 Å². The first-order valence-electron chi connectivity index (χ1n) is 10.1. The number of aryl methyl sites for hydroxylation is 2. The Morgan fingerprint density at radius 3 is 2.57 bits per heavy atom. The molecule has 0 radical (unpaired) electrons. The number of likely N-dealkylation sites (tertiary alicyclic amines) is 1. The molecule has 2 aliphatic rings. The van der Waals surface area contributed by atoms with Crippen molar-refractivity contribution in [1.29, 1.82) is 0 Å². The van der Waals surface area contributed by atoms with E-state index in [-0.39, 0.29) is 18.0 Å². The minimum absolute atomic E-state index is 0.0562. The second kappa shape index (κ2) is 9.39. The van der Waals surface area contributed by atoms with Gasteiger partial charge in [-0.05, 0) is 49.9 Å². The van der Waals surface area contributed by atoms with Crippen LogP contribution in [0.4, 0.5) is 10.5 Å². The van der Waals surface area contributed by atoms with E-state index in [2.05, 4.69) is 16.3 Å². The van der Waals surface area contributed by atoms with Crippen molar-refractivity contribution in [2.45, 2.75) is 32.7 Å². The summed E-state index contributed by atoms with van der Waals surface area (Å²) in [6.45, 7) is 9.01. The zero-order valence-corrected chi connectivity index (χ0v) is 17.2. The summed E-state index contributed by atoms with van der Waals surface area (Å²) in [5.74, 6) is 0.199. The van der Waals surface area contributed by atoms with E-state index < -0.39 is 0 Å². The molecule has 0 unspecified atom stereocenters. The van der Waals surface area contributed by atoms with E-state index in [0.29, 0.717) is 26.2 Å². The smallest absolute Gasteiger partial charge is 0.321 e. The normalized spacial score (nSPS) is 21.1. The number of methoxy groups -OCH3 is 1. The molecule has 154 valence electrons. The fourth-order valence-corrected chi connectivity index (χ4v) is 4.19. The molecule has 7 nitrogen and oxygen atoms in total. The van der Waals surface area contributed by atoms with E-state index in [1.807, 2.05) is 35.8 Å². The predicted molar refractivity (Wildman–Crippen MR) is 110 cm³/mol. The molecule has 1 atom stereocenters. The summed E-state index contributed by atoms with van der Waals surface area (Å²) in [4.78, 5) is 31.4. The molecule has 0 spiro atoms. The number of nitrogens with one attached hydrogen (secondary N) is 1. The minimum atomic E-state index is -0.0636. The van der Waals surface area contributed by atoms with Crippen LogP contribution in [0.15, 0.2) is 18.2 Å². The third kappa shape index (κ3) is 5.02. The summed E-state index contributed by atoms with van der Waals surface area (Å²) >= 11 is 0. The first-order chi connectivity index (χ1) is 13.5. The van der Waals surface area contributed by atoms with Crippen molar-refractivity contribution in [1.82, 2.24) is 14.7 Å². The molecule has 1 aromatic carbocycles. The highest BCUT2D eigenvalue weighted by atomic mass is 16.5. The van der Waals surface area contributed by atoms with E-state index in [0.717, 1.165) is 49.3 Å². The minimum Gasteiger partial charge on any atom is -0.383 e. The van der Waals surface area contributed by atoms with Crippen LogP contribution < -0.4 is 5.32 Å². The summed E-state index contributed by atoms with van der Waals surface area (Å²) < 4.78 is 5.10. The number of carbonyl (C=O) groups excluding carboxylic acids is 2. The topological polar surface area (TPSA) is 65.1 Å². The molecule has 2 saturated heterocycles. The van der Waals surface area contributed by atoms with Gasteiger partial charge >= 0.3 is 6.03 Å². The van der Waals surface area contributed by atoms with E-state index in [4.69, 9.17) is 4.74 Å². The second-order valence-corrected chi connectivity index (χ2v) is 7.81. The molecule has 3 amide bonds. The van der Waals surface area contributed by atoms with Gasteiger partial charge in [0.05, 0.1) is 12.6 Å². The highest BCUT2D eigenvalue weighted by Crippen LogP contribution is 2.20. The molecule has 1 N–H and O–H groups in total. The highest BCUT2D eigenvalue weighted by Gasteiger charge is 2.36. The van der Waals surface area contributed by atoms with E-state index in [9.17, 15) is 9.59 Å². The first kappa shape index (κ1) is 20.6. The average Bonchev–Trinajstić information content (AvgIpc) is 2.85. The molecule has 2 fully saturated rings. The van der Waals surface area contributed by atoms with Gasteiger partial charge in [-0.15, -0.1) is 0 Å². The number of urea groups is 1. The van der Waals surface area contributed by atoms with E-state index in [1.54, 1.807) is 7.11 Å². The van der Waals surface area contributed by atoms with Crippen molar-refractivity contribution in [3.63, 3.8) is 0 Å². The predicted octanol–water partition coefficient (Wildman–Crippen LogP) is 2.09. The summed E-state index contributed by atoms with van der Waals surface area (Å²) in [6.07, 6.45) is 1.74. The third-order valence-corrected chi connectivity index (χ3v) is 5.57. The number of hydrogen-bond acceptors (Lipinski definition) is 4. The van der Waals surface area contributed by atoms with Crippen LogP contribution in [0.25, 0.3) is 0 Å². The maximum absolute atomic E-state index is 12.7. The maximum atomic E-state index is 12.7. The lowest BCUT2D eigenvalue weighted by atomic mass is 10.1. The molecule has 0 bridgehead atoms. The van der Waals surface area contributed by atoms with Gasteiger partial charge in [0.25, 0.3) is 0 Å². The zero-order valence-electron chi connectivity index (χ0n) is 17.2. The fraction of sp³-hybridized carbons (Fsp3) is 0.619. The van der Waals surface area contributed by atoms with E-state index >= 15 is 0 Å². The number of benzene rings is 1. The van der Waals surface area contributed by atoms with Crippen LogP contribution >= 0.6 is 0 Å². The van der Waals surface area contributed by atoms with Gasteiger partial charge in [0.15, 0.2) is 0 Å². The zero-order chi connectivity index (χ0) is 20.1. The average molecular weight is 389 g/mol. The molecule has 3 rings (SSSR count). The Hall–Kier alpha value is -2.12. The van der Waals surface area contributed by atoms with Crippen molar-refractivity contribution in [2.75, 3.05) is 58.3 Å². The Labute approximate surface area is 167 Å². The van der Waals surface area contributed by atoms with Gasteiger partial charge in [0, 0.05) is 52.1 Å². The molecule has 0 aliphatic carbocycles. The molecule has 0 aromatic heterocycles. The molecule has 2 heterocycles. The number of anilines is 1. The summed E-state index contributed by atoms with van der Waals surface area (Å²) in [5.41, 5.74) is 3.11. The van der Waals surface area contributed by atoms with Gasteiger partial charge in [-0.25, -0.2) is 4.79 Å².